The van der Waals surface area contributed by atoms with Crippen LogP contribution in [0.15, 0.2) is 42.9 Å². The number of nitrogens with one attached hydrogen (secondary N) is 2. The standard InChI is InChI=1S/C19H23N5/c1-13-9-24(10-14(2)22-13)11-15-4-3-5-16(6-15)18-7-17-8-20-12-21-19(17)23-18/h3-8,12-14,22H,9-11H2,1-2H3,(H,20,21,23). The van der Waals surface area contributed by atoms with Crippen molar-refractivity contribution >= 4 is 11.0 Å². The van der Waals surface area contributed by atoms with Gasteiger partial charge in [0.25, 0.3) is 0 Å². The van der Waals surface area contributed by atoms with Crippen molar-refractivity contribution in [2.24, 2.45) is 0 Å². The minimum Gasteiger partial charge on any atom is -0.339 e. The van der Waals surface area contributed by atoms with Gasteiger partial charge in [-0.05, 0) is 37.1 Å². The highest BCUT2D eigenvalue weighted by atomic mass is 15.2. The van der Waals surface area contributed by atoms with Gasteiger partial charge in [-0.3, -0.25) is 4.90 Å². The van der Waals surface area contributed by atoms with Crippen molar-refractivity contribution in [3.63, 3.8) is 0 Å². The van der Waals surface area contributed by atoms with E-state index in [0.29, 0.717) is 12.1 Å². The summed E-state index contributed by atoms with van der Waals surface area (Å²) in [4.78, 5) is 14.3. The number of nitrogens with zero attached hydrogens (tertiary/aromatic N) is 3. The Bertz CT molecular complexity index is 797. The number of hydrogen-bond donors (Lipinski definition) is 2. The molecule has 1 aliphatic heterocycles. The van der Waals surface area contributed by atoms with E-state index in [4.69, 9.17) is 0 Å². The van der Waals surface area contributed by atoms with E-state index in [-0.39, 0.29) is 0 Å². The lowest BCUT2D eigenvalue weighted by Gasteiger charge is -2.36. The van der Waals surface area contributed by atoms with E-state index < -0.39 is 0 Å². The molecule has 2 aromatic heterocycles. The van der Waals surface area contributed by atoms with Crippen LogP contribution >= 0.6 is 0 Å². The maximum atomic E-state index is 4.28. The van der Waals surface area contributed by atoms with Crippen molar-refractivity contribution in [1.29, 1.82) is 0 Å². The molecular formula is C19H23N5. The van der Waals surface area contributed by atoms with Gasteiger partial charge in [0.15, 0.2) is 0 Å². The number of aromatic nitrogens is 3. The average molecular weight is 321 g/mol. The van der Waals surface area contributed by atoms with Crippen LogP contribution in [-0.2, 0) is 6.54 Å². The van der Waals surface area contributed by atoms with E-state index in [1.54, 1.807) is 6.33 Å². The van der Waals surface area contributed by atoms with Crippen LogP contribution in [0.25, 0.3) is 22.3 Å². The molecule has 0 spiro atoms. The highest BCUT2D eigenvalue weighted by Gasteiger charge is 2.20. The van der Waals surface area contributed by atoms with Crippen LogP contribution in [0.1, 0.15) is 19.4 Å². The van der Waals surface area contributed by atoms with Crippen LogP contribution in [0.3, 0.4) is 0 Å². The fraction of sp³-hybridized carbons (Fsp3) is 0.368. The molecule has 4 rings (SSSR count). The molecule has 2 unspecified atom stereocenters. The molecule has 3 aromatic rings. The Labute approximate surface area is 142 Å². The molecular weight excluding hydrogens is 298 g/mol. The number of benzene rings is 1. The molecule has 124 valence electrons. The normalized spacial score (nSPS) is 22.1. The summed E-state index contributed by atoms with van der Waals surface area (Å²) >= 11 is 0. The van der Waals surface area contributed by atoms with Gasteiger partial charge < -0.3 is 10.3 Å². The first kappa shape index (κ1) is 15.3. The third-order valence-electron chi connectivity index (χ3n) is 4.57. The van der Waals surface area contributed by atoms with E-state index in [1.165, 1.54) is 11.1 Å². The highest BCUT2D eigenvalue weighted by molar-refractivity contribution is 5.82. The molecule has 1 aliphatic rings. The van der Waals surface area contributed by atoms with Crippen molar-refractivity contribution in [3.05, 3.63) is 48.4 Å². The lowest BCUT2D eigenvalue weighted by Crippen LogP contribution is -2.53. The zero-order chi connectivity index (χ0) is 16.5. The summed E-state index contributed by atoms with van der Waals surface area (Å²) in [6.07, 6.45) is 3.42. The van der Waals surface area contributed by atoms with Crippen molar-refractivity contribution in [1.82, 2.24) is 25.2 Å². The summed E-state index contributed by atoms with van der Waals surface area (Å²) in [5, 5.41) is 4.63. The second-order valence-electron chi connectivity index (χ2n) is 6.87. The van der Waals surface area contributed by atoms with Gasteiger partial charge in [0.05, 0.1) is 0 Å². The molecule has 2 N–H and O–H groups in total. The number of piperazine rings is 1. The summed E-state index contributed by atoms with van der Waals surface area (Å²) in [5.74, 6) is 0. The Morgan fingerprint density at radius 3 is 2.79 bits per heavy atom. The summed E-state index contributed by atoms with van der Waals surface area (Å²) in [6.45, 7) is 7.69. The molecule has 0 bridgehead atoms. The maximum Gasteiger partial charge on any atom is 0.141 e. The third-order valence-corrected chi connectivity index (χ3v) is 4.57. The third kappa shape index (κ3) is 3.18. The molecule has 24 heavy (non-hydrogen) atoms. The number of rotatable bonds is 3. The minimum absolute atomic E-state index is 0.546. The van der Waals surface area contributed by atoms with Crippen molar-refractivity contribution in [2.45, 2.75) is 32.5 Å². The molecule has 0 saturated carbocycles. The van der Waals surface area contributed by atoms with E-state index in [9.17, 15) is 0 Å². The highest BCUT2D eigenvalue weighted by Crippen LogP contribution is 2.24. The van der Waals surface area contributed by atoms with Gasteiger partial charge >= 0.3 is 0 Å². The Kier molecular flexibility index (Phi) is 4.04. The summed E-state index contributed by atoms with van der Waals surface area (Å²) < 4.78 is 0. The van der Waals surface area contributed by atoms with Crippen LogP contribution in [0.5, 0.6) is 0 Å². The fourth-order valence-corrected chi connectivity index (χ4v) is 3.69. The maximum absolute atomic E-state index is 4.28. The van der Waals surface area contributed by atoms with Gasteiger partial charge in [-0.2, -0.15) is 0 Å². The van der Waals surface area contributed by atoms with Crippen LogP contribution in [-0.4, -0.2) is 45.0 Å². The monoisotopic (exact) mass is 321 g/mol. The lowest BCUT2D eigenvalue weighted by molar-refractivity contribution is 0.166. The zero-order valence-electron chi connectivity index (χ0n) is 14.2. The van der Waals surface area contributed by atoms with E-state index in [2.05, 4.69) is 69.3 Å². The van der Waals surface area contributed by atoms with Crippen molar-refractivity contribution < 1.29 is 0 Å². The van der Waals surface area contributed by atoms with E-state index in [0.717, 1.165) is 36.4 Å². The van der Waals surface area contributed by atoms with Crippen molar-refractivity contribution in [2.75, 3.05) is 13.1 Å². The fourth-order valence-electron chi connectivity index (χ4n) is 3.69. The van der Waals surface area contributed by atoms with Crippen LogP contribution in [0, 0.1) is 0 Å². The Hall–Kier alpha value is -2.24. The first-order chi connectivity index (χ1) is 11.7. The molecule has 3 heterocycles. The lowest BCUT2D eigenvalue weighted by atomic mass is 10.1. The largest absolute Gasteiger partial charge is 0.339 e. The molecule has 1 fully saturated rings. The predicted molar refractivity (Wildman–Crippen MR) is 96.7 cm³/mol. The second kappa shape index (κ2) is 6.34. The van der Waals surface area contributed by atoms with Crippen LogP contribution in [0.2, 0.25) is 0 Å². The van der Waals surface area contributed by atoms with Gasteiger partial charge in [0.1, 0.15) is 12.0 Å². The van der Waals surface area contributed by atoms with Crippen molar-refractivity contribution in [3.8, 4) is 11.3 Å². The predicted octanol–water partition coefficient (Wildman–Crippen LogP) is 2.81. The zero-order valence-corrected chi connectivity index (χ0v) is 14.2. The molecule has 1 saturated heterocycles. The number of hydrogen-bond acceptors (Lipinski definition) is 4. The quantitative estimate of drug-likeness (QED) is 0.779. The van der Waals surface area contributed by atoms with Gasteiger partial charge in [0, 0.05) is 49.0 Å². The number of fused-ring (bicyclic) bond motifs is 1. The first-order valence-corrected chi connectivity index (χ1v) is 8.54. The summed E-state index contributed by atoms with van der Waals surface area (Å²) in [5.41, 5.74) is 4.52. The molecule has 0 radical (unpaired) electrons. The Morgan fingerprint density at radius 1 is 1.17 bits per heavy atom. The summed E-state index contributed by atoms with van der Waals surface area (Å²) in [6, 6.07) is 12.0. The summed E-state index contributed by atoms with van der Waals surface area (Å²) in [7, 11) is 0. The topological polar surface area (TPSA) is 56.8 Å². The minimum atomic E-state index is 0.546. The smallest absolute Gasteiger partial charge is 0.141 e. The van der Waals surface area contributed by atoms with E-state index in [1.807, 2.05) is 6.20 Å². The van der Waals surface area contributed by atoms with Gasteiger partial charge in [0.2, 0.25) is 0 Å². The molecule has 2 atom stereocenters. The van der Waals surface area contributed by atoms with Crippen LogP contribution < -0.4 is 5.32 Å². The van der Waals surface area contributed by atoms with Crippen LogP contribution in [0.4, 0.5) is 0 Å². The molecule has 5 nitrogen and oxygen atoms in total. The second-order valence-corrected chi connectivity index (χ2v) is 6.87. The van der Waals surface area contributed by atoms with Gasteiger partial charge in [-0.15, -0.1) is 0 Å². The van der Waals surface area contributed by atoms with Gasteiger partial charge in [-0.1, -0.05) is 18.2 Å². The van der Waals surface area contributed by atoms with Gasteiger partial charge in [-0.25, -0.2) is 9.97 Å². The molecule has 0 amide bonds. The molecule has 5 heteroatoms. The first-order valence-electron chi connectivity index (χ1n) is 8.54. The molecule has 0 aliphatic carbocycles. The van der Waals surface area contributed by atoms with E-state index >= 15 is 0 Å². The Balaban J connectivity index is 1.57. The number of H-pyrrole nitrogens is 1. The SMILES string of the molecule is CC1CN(Cc2cccc(-c3cc4cncnc4[nH]3)c2)CC(C)N1. The number of aromatic amines is 1. The molecule has 1 aromatic carbocycles. The average Bonchev–Trinajstić information content (AvgIpc) is 2.98. The Morgan fingerprint density at radius 2 is 2.00 bits per heavy atom.